The zero-order chi connectivity index (χ0) is 13.1. The SMILES string of the molecule is CCc1nsc(Sc2nc(C)ncc2C(=N)N)n1. The van der Waals surface area contributed by atoms with Crippen molar-refractivity contribution in [2.24, 2.45) is 5.73 Å². The number of aryl methyl sites for hydroxylation is 2. The van der Waals surface area contributed by atoms with E-state index in [0.717, 1.165) is 16.6 Å². The van der Waals surface area contributed by atoms with Gasteiger partial charge in [0.25, 0.3) is 0 Å². The second-order valence-electron chi connectivity index (χ2n) is 3.48. The number of nitrogens with zero attached hydrogens (tertiary/aromatic N) is 4. The molecule has 0 fully saturated rings. The largest absolute Gasteiger partial charge is 0.384 e. The molecule has 2 aromatic rings. The standard InChI is InChI=1S/C10H12N6S2/c1-3-7-15-10(18-16-7)17-9-6(8(11)12)4-13-5(2)14-9/h4H,3H2,1-2H3,(H3,11,12). The summed E-state index contributed by atoms with van der Waals surface area (Å²) in [5, 5.41) is 8.15. The highest BCUT2D eigenvalue weighted by atomic mass is 32.2. The van der Waals surface area contributed by atoms with Gasteiger partial charge in [-0.2, -0.15) is 4.37 Å². The maximum absolute atomic E-state index is 7.51. The summed E-state index contributed by atoms with van der Waals surface area (Å²) in [5.41, 5.74) is 6.03. The summed E-state index contributed by atoms with van der Waals surface area (Å²) in [7, 11) is 0. The van der Waals surface area contributed by atoms with Gasteiger partial charge in [-0.3, -0.25) is 5.41 Å². The van der Waals surface area contributed by atoms with Crippen LogP contribution in [0.3, 0.4) is 0 Å². The molecule has 94 valence electrons. The lowest BCUT2D eigenvalue weighted by atomic mass is 10.3. The Morgan fingerprint density at radius 3 is 2.89 bits per heavy atom. The number of hydrogen-bond donors (Lipinski definition) is 2. The van der Waals surface area contributed by atoms with E-state index in [1.54, 1.807) is 13.1 Å². The van der Waals surface area contributed by atoms with Crippen LogP contribution in [0.4, 0.5) is 0 Å². The highest BCUT2D eigenvalue weighted by Crippen LogP contribution is 2.29. The van der Waals surface area contributed by atoms with Crippen LogP contribution in [0.5, 0.6) is 0 Å². The second kappa shape index (κ2) is 5.40. The first-order valence-electron chi connectivity index (χ1n) is 5.28. The highest BCUT2D eigenvalue weighted by molar-refractivity contribution is 8.01. The topological polar surface area (TPSA) is 101 Å². The molecule has 0 aliphatic heterocycles. The van der Waals surface area contributed by atoms with Crippen molar-refractivity contribution in [1.82, 2.24) is 19.3 Å². The van der Waals surface area contributed by atoms with Gasteiger partial charge in [0.05, 0.1) is 5.56 Å². The van der Waals surface area contributed by atoms with E-state index in [-0.39, 0.29) is 5.84 Å². The Labute approximate surface area is 113 Å². The van der Waals surface area contributed by atoms with Crippen molar-refractivity contribution < 1.29 is 0 Å². The van der Waals surface area contributed by atoms with E-state index in [1.165, 1.54) is 23.3 Å². The van der Waals surface area contributed by atoms with Crippen LogP contribution >= 0.6 is 23.3 Å². The molecule has 2 aromatic heterocycles. The third-order valence-corrected chi connectivity index (χ3v) is 3.91. The second-order valence-corrected chi connectivity index (χ2v) is 5.47. The molecule has 6 nitrogen and oxygen atoms in total. The molecule has 8 heteroatoms. The summed E-state index contributed by atoms with van der Waals surface area (Å²) in [6, 6.07) is 0. The van der Waals surface area contributed by atoms with E-state index in [4.69, 9.17) is 11.1 Å². The number of rotatable bonds is 4. The molecule has 0 unspecified atom stereocenters. The third kappa shape index (κ3) is 2.82. The van der Waals surface area contributed by atoms with Crippen molar-refractivity contribution in [2.45, 2.75) is 29.6 Å². The van der Waals surface area contributed by atoms with E-state index in [0.29, 0.717) is 16.4 Å². The molecule has 2 rings (SSSR count). The zero-order valence-electron chi connectivity index (χ0n) is 9.97. The molecular formula is C10H12N6S2. The monoisotopic (exact) mass is 280 g/mol. The smallest absolute Gasteiger partial charge is 0.176 e. The Bertz CT molecular complexity index is 579. The quantitative estimate of drug-likeness (QED) is 0.501. The molecule has 0 saturated heterocycles. The fourth-order valence-corrected chi connectivity index (χ4v) is 2.98. The van der Waals surface area contributed by atoms with Gasteiger partial charge in [-0.1, -0.05) is 6.92 Å². The average molecular weight is 280 g/mol. The van der Waals surface area contributed by atoms with Crippen LogP contribution in [-0.2, 0) is 6.42 Å². The van der Waals surface area contributed by atoms with Crippen molar-refractivity contribution in [2.75, 3.05) is 0 Å². The van der Waals surface area contributed by atoms with Gasteiger partial charge < -0.3 is 5.73 Å². The Morgan fingerprint density at radius 1 is 1.50 bits per heavy atom. The molecule has 0 amide bonds. The lowest BCUT2D eigenvalue weighted by molar-refractivity contribution is 0.948. The van der Waals surface area contributed by atoms with E-state index in [2.05, 4.69) is 19.3 Å². The molecule has 0 atom stereocenters. The van der Waals surface area contributed by atoms with Crippen LogP contribution in [0.25, 0.3) is 0 Å². The van der Waals surface area contributed by atoms with Gasteiger partial charge in [0.1, 0.15) is 22.5 Å². The molecule has 3 N–H and O–H groups in total. The number of amidine groups is 1. The molecule has 0 spiro atoms. The minimum atomic E-state index is -0.0438. The van der Waals surface area contributed by atoms with Gasteiger partial charge in [0, 0.05) is 12.6 Å². The normalized spacial score (nSPS) is 10.6. The van der Waals surface area contributed by atoms with Crippen LogP contribution in [0.1, 0.15) is 24.1 Å². The van der Waals surface area contributed by atoms with Crippen molar-refractivity contribution in [3.63, 3.8) is 0 Å². The number of nitrogen functional groups attached to an aromatic ring is 1. The van der Waals surface area contributed by atoms with Crippen molar-refractivity contribution in [1.29, 1.82) is 5.41 Å². The third-order valence-electron chi connectivity index (χ3n) is 2.11. The minimum absolute atomic E-state index is 0.0438. The fourth-order valence-electron chi connectivity index (χ4n) is 1.22. The molecule has 0 aliphatic rings. The van der Waals surface area contributed by atoms with E-state index in [1.807, 2.05) is 6.92 Å². The average Bonchev–Trinajstić information content (AvgIpc) is 2.76. The number of hydrogen-bond acceptors (Lipinski definition) is 7. The predicted octanol–water partition coefficient (Wildman–Crippen LogP) is 1.63. The van der Waals surface area contributed by atoms with E-state index in [9.17, 15) is 0 Å². The molecular weight excluding hydrogens is 268 g/mol. The summed E-state index contributed by atoms with van der Waals surface area (Å²) in [6.45, 7) is 3.80. The molecule has 0 saturated carbocycles. The maximum Gasteiger partial charge on any atom is 0.176 e. The summed E-state index contributed by atoms with van der Waals surface area (Å²) in [5.74, 6) is 1.41. The number of aromatic nitrogens is 4. The first-order valence-corrected chi connectivity index (χ1v) is 6.87. The maximum atomic E-state index is 7.51. The highest BCUT2D eigenvalue weighted by Gasteiger charge is 2.13. The Hall–Kier alpha value is -1.54. The molecule has 18 heavy (non-hydrogen) atoms. The van der Waals surface area contributed by atoms with Crippen molar-refractivity contribution in [3.8, 4) is 0 Å². The van der Waals surface area contributed by atoms with Gasteiger partial charge in [-0.25, -0.2) is 15.0 Å². The molecule has 0 aromatic carbocycles. The van der Waals surface area contributed by atoms with Gasteiger partial charge in [-0.15, -0.1) is 0 Å². The van der Waals surface area contributed by atoms with Gasteiger partial charge in [-0.05, 0) is 30.2 Å². The molecule has 0 radical (unpaired) electrons. The van der Waals surface area contributed by atoms with Crippen LogP contribution < -0.4 is 5.73 Å². The first kappa shape index (κ1) is 12.9. The lowest BCUT2D eigenvalue weighted by Crippen LogP contribution is -2.14. The Morgan fingerprint density at radius 2 is 2.28 bits per heavy atom. The predicted molar refractivity (Wildman–Crippen MR) is 71.2 cm³/mol. The minimum Gasteiger partial charge on any atom is -0.384 e. The zero-order valence-corrected chi connectivity index (χ0v) is 11.6. The summed E-state index contributed by atoms with van der Waals surface area (Å²) >= 11 is 2.69. The van der Waals surface area contributed by atoms with Crippen LogP contribution in [0.2, 0.25) is 0 Å². The summed E-state index contributed by atoms with van der Waals surface area (Å²) < 4.78 is 5.01. The van der Waals surface area contributed by atoms with Gasteiger partial charge in [0.2, 0.25) is 0 Å². The van der Waals surface area contributed by atoms with E-state index >= 15 is 0 Å². The van der Waals surface area contributed by atoms with E-state index < -0.39 is 0 Å². The molecule has 2 heterocycles. The first-order chi connectivity index (χ1) is 8.60. The molecule has 0 bridgehead atoms. The lowest BCUT2D eigenvalue weighted by Gasteiger charge is -2.04. The Kier molecular flexibility index (Phi) is 3.87. The van der Waals surface area contributed by atoms with Gasteiger partial charge >= 0.3 is 0 Å². The molecule has 0 aliphatic carbocycles. The Balaban J connectivity index is 2.32. The number of nitrogens with two attached hydrogens (primary N) is 1. The van der Waals surface area contributed by atoms with Crippen LogP contribution in [-0.4, -0.2) is 25.2 Å². The van der Waals surface area contributed by atoms with Crippen LogP contribution in [0.15, 0.2) is 15.6 Å². The summed E-state index contributed by atoms with van der Waals surface area (Å²) in [4.78, 5) is 12.7. The summed E-state index contributed by atoms with van der Waals surface area (Å²) in [6.07, 6.45) is 2.37. The van der Waals surface area contributed by atoms with Crippen molar-refractivity contribution in [3.05, 3.63) is 23.4 Å². The fraction of sp³-hybridized carbons (Fsp3) is 0.300. The van der Waals surface area contributed by atoms with Crippen LogP contribution in [0, 0.1) is 12.3 Å². The van der Waals surface area contributed by atoms with Gasteiger partial charge in [0.15, 0.2) is 4.34 Å². The number of nitrogens with one attached hydrogen (secondary N) is 1. The van der Waals surface area contributed by atoms with Crippen molar-refractivity contribution >= 4 is 29.1 Å².